The van der Waals surface area contributed by atoms with Gasteiger partial charge in [0.15, 0.2) is 0 Å². The number of rotatable bonds is 9. The zero-order valence-electron chi connectivity index (χ0n) is 18.4. The molecule has 1 N–H and O–H groups in total. The van der Waals surface area contributed by atoms with Crippen molar-refractivity contribution in [2.45, 2.75) is 26.0 Å². The van der Waals surface area contributed by atoms with E-state index in [1.54, 1.807) is 24.3 Å². The number of aromatic nitrogens is 2. The quantitative estimate of drug-likeness (QED) is 0.405. The summed E-state index contributed by atoms with van der Waals surface area (Å²) in [6.07, 6.45) is 5.92. The Balaban J connectivity index is 1.35. The molecule has 0 aliphatic heterocycles. The van der Waals surface area contributed by atoms with Gasteiger partial charge in [-0.25, -0.2) is 9.78 Å². The van der Waals surface area contributed by atoms with E-state index in [0.717, 1.165) is 42.0 Å². The summed E-state index contributed by atoms with van der Waals surface area (Å²) in [5.41, 5.74) is 2.52. The molecule has 6 heteroatoms. The minimum absolute atomic E-state index is 0.276. The summed E-state index contributed by atoms with van der Waals surface area (Å²) in [6.45, 7) is 1.33. The average Bonchev–Trinajstić information content (AvgIpc) is 3.27. The number of aromatic carboxylic acids is 1. The van der Waals surface area contributed by atoms with Gasteiger partial charge in [-0.3, -0.25) is 0 Å². The van der Waals surface area contributed by atoms with Crippen LogP contribution in [0.25, 0.3) is 10.8 Å². The zero-order chi connectivity index (χ0) is 22.5. The van der Waals surface area contributed by atoms with E-state index in [2.05, 4.69) is 33.8 Å². The molecule has 0 spiro atoms. The number of carboxylic acids is 1. The van der Waals surface area contributed by atoms with Gasteiger partial charge in [0.1, 0.15) is 12.4 Å². The van der Waals surface area contributed by atoms with Crippen molar-refractivity contribution in [3.05, 3.63) is 89.7 Å². The molecular formula is C26H27N3O3. The first-order chi connectivity index (χ1) is 15.5. The monoisotopic (exact) mass is 429 g/mol. The Bertz CT molecular complexity index is 1210. The van der Waals surface area contributed by atoms with E-state index < -0.39 is 5.97 Å². The predicted octanol–water partition coefficient (Wildman–Crippen LogP) is 5.01. The maximum atomic E-state index is 11.0. The molecule has 0 bridgehead atoms. The smallest absolute Gasteiger partial charge is 0.335 e. The Kier molecular flexibility index (Phi) is 6.40. The minimum Gasteiger partial charge on any atom is -0.489 e. The zero-order valence-corrected chi connectivity index (χ0v) is 18.4. The molecule has 0 unspecified atom stereocenters. The van der Waals surface area contributed by atoms with Crippen molar-refractivity contribution in [2.75, 3.05) is 19.0 Å². The van der Waals surface area contributed by atoms with Crippen LogP contribution in [0.3, 0.4) is 0 Å². The number of benzene rings is 3. The Hall–Kier alpha value is -3.80. The number of carboxylic acid groups (broad SMARTS) is 1. The molecule has 0 aliphatic rings. The molecule has 6 nitrogen and oxygen atoms in total. The highest BCUT2D eigenvalue weighted by atomic mass is 16.5. The molecular weight excluding hydrogens is 402 g/mol. The van der Waals surface area contributed by atoms with Gasteiger partial charge in [0.05, 0.1) is 5.56 Å². The van der Waals surface area contributed by atoms with E-state index in [1.807, 2.05) is 43.5 Å². The number of imidazole rings is 1. The second-order valence-corrected chi connectivity index (χ2v) is 8.05. The van der Waals surface area contributed by atoms with Crippen molar-refractivity contribution >= 4 is 22.7 Å². The van der Waals surface area contributed by atoms with Gasteiger partial charge in [-0.1, -0.05) is 36.4 Å². The van der Waals surface area contributed by atoms with Gasteiger partial charge < -0.3 is 19.3 Å². The second-order valence-electron chi connectivity index (χ2n) is 8.05. The molecule has 1 heterocycles. The average molecular weight is 430 g/mol. The van der Waals surface area contributed by atoms with Crippen LogP contribution in [0.1, 0.15) is 27.9 Å². The van der Waals surface area contributed by atoms with Gasteiger partial charge in [-0.15, -0.1) is 0 Å². The van der Waals surface area contributed by atoms with Crippen LogP contribution < -0.4 is 9.64 Å². The van der Waals surface area contributed by atoms with Crippen LogP contribution in [-0.2, 0) is 19.6 Å². The largest absolute Gasteiger partial charge is 0.489 e. The summed E-state index contributed by atoms with van der Waals surface area (Å²) >= 11 is 0. The highest BCUT2D eigenvalue weighted by Crippen LogP contribution is 2.24. The third kappa shape index (κ3) is 5.09. The standard InChI is InChI=1S/C26H27N3O3/c1-28(2)26-27-13-15-29(26)14-3-4-19-5-10-23-17-24(12-11-22(23)16-19)32-18-20-6-8-21(9-7-20)25(30)31/h5-13,15-17H,3-4,14,18H2,1-2H3,(H,30,31). The van der Waals surface area contributed by atoms with Crippen molar-refractivity contribution in [1.82, 2.24) is 9.55 Å². The minimum atomic E-state index is -0.925. The van der Waals surface area contributed by atoms with Crippen LogP contribution in [0.4, 0.5) is 5.95 Å². The van der Waals surface area contributed by atoms with E-state index in [4.69, 9.17) is 9.84 Å². The Morgan fingerprint density at radius 3 is 2.47 bits per heavy atom. The normalized spacial score (nSPS) is 10.9. The first-order valence-corrected chi connectivity index (χ1v) is 10.7. The number of nitrogens with zero attached hydrogens (tertiary/aromatic N) is 3. The van der Waals surface area contributed by atoms with Crippen LogP contribution in [0.5, 0.6) is 5.75 Å². The van der Waals surface area contributed by atoms with Gasteiger partial charge in [0.2, 0.25) is 5.95 Å². The van der Waals surface area contributed by atoms with Gasteiger partial charge in [-0.05, 0) is 59.0 Å². The fraction of sp³-hybridized carbons (Fsp3) is 0.231. The lowest BCUT2D eigenvalue weighted by molar-refractivity contribution is 0.0697. The van der Waals surface area contributed by atoms with Crippen LogP contribution in [-0.4, -0.2) is 34.7 Å². The van der Waals surface area contributed by atoms with Crippen LogP contribution in [0, 0.1) is 0 Å². The maximum absolute atomic E-state index is 11.0. The molecule has 164 valence electrons. The molecule has 0 aliphatic carbocycles. The number of anilines is 1. The molecule has 0 saturated heterocycles. The number of aryl methyl sites for hydroxylation is 2. The number of fused-ring (bicyclic) bond motifs is 1. The van der Waals surface area contributed by atoms with Gasteiger partial charge in [0, 0.05) is 33.0 Å². The summed E-state index contributed by atoms with van der Waals surface area (Å²) in [4.78, 5) is 17.4. The highest BCUT2D eigenvalue weighted by Gasteiger charge is 2.06. The predicted molar refractivity (Wildman–Crippen MR) is 127 cm³/mol. The summed E-state index contributed by atoms with van der Waals surface area (Å²) in [7, 11) is 4.02. The third-order valence-corrected chi connectivity index (χ3v) is 5.44. The van der Waals surface area contributed by atoms with Crippen molar-refractivity contribution in [3.8, 4) is 5.75 Å². The van der Waals surface area contributed by atoms with Crippen molar-refractivity contribution in [3.63, 3.8) is 0 Å². The third-order valence-electron chi connectivity index (χ3n) is 5.44. The molecule has 0 radical (unpaired) electrons. The SMILES string of the molecule is CN(C)c1nccn1CCCc1ccc2cc(OCc3ccc(C(=O)O)cc3)ccc2c1. The molecule has 32 heavy (non-hydrogen) atoms. The Morgan fingerprint density at radius 2 is 1.72 bits per heavy atom. The topological polar surface area (TPSA) is 67.6 Å². The fourth-order valence-electron chi connectivity index (χ4n) is 3.75. The van der Waals surface area contributed by atoms with E-state index in [1.165, 1.54) is 10.9 Å². The maximum Gasteiger partial charge on any atom is 0.335 e. The van der Waals surface area contributed by atoms with E-state index in [0.29, 0.717) is 6.61 Å². The number of carbonyl (C=O) groups is 1. The summed E-state index contributed by atoms with van der Waals surface area (Å²) in [6, 6.07) is 19.4. The lowest BCUT2D eigenvalue weighted by Crippen LogP contribution is -2.15. The van der Waals surface area contributed by atoms with Gasteiger partial charge in [-0.2, -0.15) is 0 Å². The van der Waals surface area contributed by atoms with E-state index in [9.17, 15) is 4.79 Å². The van der Waals surface area contributed by atoms with Crippen molar-refractivity contribution in [2.24, 2.45) is 0 Å². The number of hydrogen-bond acceptors (Lipinski definition) is 4. The Labute approximate surface area is 187 Å². The lowest BCUT2D eigenvalue weighted by Gasteiger charge is -2.14. The molecule has 0 fully saturated rings. The first kappa shape index (κ1) is 21.4. The van der Waals surface area contributed by atoms with Gasteiger partial charge in [0.25, 0.3) is 0 Å². The molecule has 4 aromatic rings. The molecule has 0 atom stereocenters. The molecule has 4 rings (SSSR count). The van der Waals surface area contributed by atoms with Crippen LogP contribution >= 0.6 is 0 Å². The molecule has 0 amide bonds. The summed E-state index contributed by atoms with van der Waals surface area (Å²) < 4.78 is 8.09. The van der Waals surface area contributed by atoms with E-state index in [-0.39, 0.29) is 5.56 Å². The summed E-state index contributed by atoms with van der Waals surface area (Å²) in [5.74, 6) is 0.851. The molecule has 3 aromatic carbocycles. The Morgan fingerprint density at radius 1 is 1.00 bits per heavy atom. The van der Waals surface area contributed by atoms with Crippen molar-refractivity contribution in [1.29, 1.82) is 0 Å². The molecule has 1 aromatic heterocycles. The van der Waals surface area contributed by atoms with Crippen LogP contribution in [0.2, 0.25) is 0 Å². The second kappa shape index (κ2) is 9.56. The number of ether oxygens (including phenoxy) is 1. The summed E-state index contributed by atoms with van der Waals surface area (Å²) in [5, 5.41) is 11.3. The lowest BCUT2D eigenvalue weighted by atomic mass is 10.0. The van der Waals surface area contributed by atoms with E-state index >= 15 is 0 Å². The molecule has 0 saturated carbocycles. The van der Waals surface area contributed by atoms with Crippen LogP contribution in [0.15, 0.2) is 73.1 Å². The number of hydrogen-bond donors (Lipinski definition) is 1. The van der Waals surface area contributed by atoms with Gasteiger partial charge >= 0.3 is 5.97 Å². The first-order valence-electron chi connectivity index (χ1n) is 10.7. The fourth-order valence-corrected chi connectivity index (χ4v) is 3.75. The highest BCUT2D eigenvalue weighted by molar-refractivity contribution is 5.87. The van der Waals surface area contributed by atoms with Crippen molar-refractivity contribution < 1.29 is 14.6 Å².